The Morgan fingerprint density at radius 2 is 1.46 bits per heavy atom. The summed E-state index contributed by atoms with van der Waals surface area (Å²) in [6.45, 7) is 17.3. The Morgan fingerprint density at radius 3 is 1.96 bits per heavy atom. The van der Waals surface area contributed by atoms with Crippen LogP contribution in [0, 0.1) is 0 Å². The van der Waals surface area contributed by atoms with Crippen molar-refractivity contribution in [3.8, 4) is 0 Å². The topological polar surface area (TPSA) is 35.9 Å². The molecule has 5 heteroatoms. The number of likely N-dealkylation sites (N-methyl/N-ethyl adjacent to an activating group) is 1. The summed E-state index contributed by atoms with van der Waals surface area (Å²) in [7, 11) is 2.13. The van der Waals surface area contributed by atoms with Gasteiger partial charge in [-0.2, -0.15) is 4.99 Å². The summed E-state index contributed by atoms with van der Waals surface area (Å²) in [5.74, 6) is -0.114. The summed E-state index contributed by atoms with van der Waals surface area (Å²) in [5.41, 5.74) is 3.79. The van der Waals surface area contributed by atoms with Crippen LogP contribution in [0.3, 0.4) is 0 Å². The van der Waals surface area contributed by atoms with E-state index < -0.39 is 0 Å². The van der Waals surface area contributed by atoms with Gasteiger partial charge in [-0.25, -0.2) is 0 Å². The van der Waals surface area contributed by atoms with Gasteiger partial charge < -0.3 is 9.80 Å². The van der Waals surface area contributed by atoms with Crippen LogP contribution in [0.15, 0.2) is 28.1 Å². The molecule has 1 saturated heterocycles. The summed E-state index contributed by atoms with van der Waals surface area (Å²) >= 11 is 1.52. The number of aliphatic imine (C=N–C) groups is 1. The highest BCUT2D eigenvalue weighted by Gasteiger charge is 2.28. The van der Waals surface area contributed by atoms with Gasteiger partial charge in [-0.05, 0) is 52.4 Å². The molecule has 0 saturated carbocycles. The first-order valence-electron chi connectivity index (χ1n) is 10.1. The van der Waals surface area contributed by atoms with E-state index in [0.717, 1.165) is 41.8 Å². The molecule has 3 rings (SSSR count). The van der Waals surface area contributed by atoms with Crippen LogP contribution in [0.5, 0.6) is 0 Å². The largest absolute Gasteiger partial charge is 0.348 e. The van der Waals surface area contributed by atoms with Crippen LogP contribution >= 0.6 is 11.8 Å². The van der Waals surface area contributed by atoms with Crippen LogP contribution in [0.1, 0.15) is 58.2 Å². The van der Waals surface area contributed by atoms with Crippen LogP contribution < -0.4 is 0 Å². The third kappa shape index (κ3) is 4.87. The second kappa shape index (κ2) is 7.68. The molecule has 0 atom stereocenters. The van der Waals surface area contributed by atoms with Gasteiger partial charge in [-0.15, -0.1) is 0 Å². The minimum atomic E-state index is -0.114. The average Bonchev–Trinajstić information content (AvgIpc) is 2.94. The lowest BCUT2D eigenvalue weighted by Crippen LogP contribution is -2.46. The van der Waals surface area contributed by atoms with Gasteiger partial charge in [0.1, 0.15) is 0 Å². The molecule has 1 aromatic carbocycles. The smallest absolute Gasteiger partial charge is 0.286 e. The normalized spacial score (nSPS) is 20.8. The van der Waals surface area contributed by atoms with Crippen molar-refractivity contribution < 1.29 is 4.79 Å². The zero-order chi connectivity index (χ0) is 20.7. The van der Waals surface area contributed by atoms with Crippen molar-refractivity contribution in [2.45, 2.75) is 52.4 Å². The van der Waals surface area contributed by atoms with E-state index in [1.54, 1.807) is 0 Å². The number of carbonyl (C=O) groups excluding carboxylic acids is 1. The predicted octanol–water partition coefficient (Wildman–Crippen LogP) is 4.50. The first kappa shape index (κ1) is 21.1. The molecular formula is C23H33N3OS. The molecule has 2 aliphatic heterocycles. The minimum Gasteiger partial charge on any atom is -0.348 e. The number of nitrogens with zero attached hydrogens (tertiary/aromatic N) is 3. The molecule has 0 aliphatic carbocycles. The van der Waals surface area contributed by atoms with Crippen LogP contribution in [0.2, 0.25) is 0 Å². The standard InChI is InChI=1S/C23H33N3OS/c1-22(2,3)17-12-16(13-18(15-17)23(4,5)6)14-19-20(27)24-21(28-19)26-10-8-25(7)9-11-26/h12-15H,8-11H2,1-7H3/b19-14-. The van der Waals surface area contributed by atoms with Gasteiger partial charge in [-0.3, -0.25) is 4.79 Å². The average molecular weight is 400 g/mol. The minimum absolute atomic E-state index is 0.0584. The maximum atomic E-state index is 12.5. The van der Waals surface area contributed by atoms with E-state index in [4.69, 9.17) is 0 Å². The second-order valence-corrected chi connectivity index (χ2v) is 11.0. The summed E-state index contributed by atoms with van der Waals surface area (Å²) in [6, 6.07) is 6.73. The molecule has 1 amide bonds. The van der Waals surface area contributed by atoms with E-state index in [2.05, 4.69) is 81.6 Å². The molecule has 2 aliphatic rings. The molecule has 152 valence electrons. The Morgan fingerprint density at radius 1 is 0.929 bits per heavy atom. The Bertz CT molecular complexity index is 787. The molecule has 4 nitrogen and oxygen atoms in total. The molecule has 0 unspecified atom stereocenters. The van der Waals surface area contributed by atoms with Gasteiger partial charge in [0.15, 0.2) is 5.17 Å². The van der Waals surface area contributed by atoms with Crippen molar-refractivity contribution in [3.63, 3.8) is 0 Å². The Kier molecular flexibility index (Phi) is 5.79. The lowest BCUT2D eigenvalue weighted by atomic mass is 9.79. The van der Waals surface area contributed by atoms with Gasteiger partial charge in [0.05, 0.1) is 4.91 Å². The quantitative estimate of drug-likeness (QED) is 0.652. The Balaban J connectivity index is 1.88. The maximum absolute atomic E-state index is 12.5. The van der Waals surface area contributed by atoms with Crippen molar-refractivity contribution >= 4 is 28.9 Å². The fourth-order valence-electron chi connectivity index (χ4n) is 3.28. The van der Waals surface area contributed by atoms with Crippen molar-refractivity contribution in [2.24, 2.45) is 4.99 Å². The Hall–Kier alpha value is -1.59. The van der Waals surface area contributed by atoms with Crippen molar-refractivity contribution in [1.82, 2.24) is 9.80 Å². The van der Waals surface area contributed by atoms with Crippen LogP contribution in [-0.4, -0.2) is 54.1 Å². The monoisotopic (exact) mass is 399 g/mol. The lowest BCUT2D eigenvalue weighted by Gasteiger charge is -2.32. The van der Waals surface area contributed by atoms with Gasteiger partial charge >= 0.3 is 0 Å². The highest BCUT2D eigenvalue weighted by Crippen LogP contribution is 2.34. The molecule has 0 radical (unpaired) electrons. The summed E-state index contributed by atoms with van der Waals surface area (Å²) in [5, 5.41) is 0.854. The third-order valence-electron chi connectivity index (χ3n) is 5.37. The number of hydrogen-bond donors (Lipinski definition) is 0. The number of carbonyl (C=O) groups is 1. The maximum Gasteiger partial charge on any atom is 0.286 e. The van der Waals surface area contributed by atoms with E-state index in [1.807, 2.05) is 6.08 Å². The zero-order valence-corrected chi connectivity index (χ0v) is 19.1. The van der Waals surface area contributed by atoms with Crippen molar-refractivity contribution in [1.29, 1.82) is 0 Å². The third-order valence-corrected chi connectivity index (χ3v) is 6.41. The molecule has 1 aromatic rings. The fourth-order valence-corrected chi connectivity index (χ4v) is 4.25. The first-order valence-corrected chi connectivity index (χ1v) is 10.9. The number of rotatable bonds is 1. The van der Waals surface area contributed by atoms with Crippen molar-refractivity contribution in [2.75, 3.05) is 33.2 Å². The fraction of sp³-hybridized carbons (Fsp3) is 0.565. The summed E-state index contributed by atoms with van der Waals surface area (Å²) in [6.07, 6.45) is 2.02. The number of amides is 1. The number of piperazine rings is 1. The molecule has 0 aromatic heterocycles. The SMILES string of the molecule is CN1CCN(C2=NC(=O)/C(=C/c3cc(C(C)(C)C)cc(C(C)(C)C)c3)S2)CC1. The van der Waals surface area contributed by atoms with Crippen molar-refractivity contribution in [3.05, 3.63) is 39.8 Å². The van der Waals surface area contributed by atoms with Gasteiger partial charge in [0.25, 0.3) is 5.91 Å². The number of amidine groups is 1. The molecule has 0 spiro atoms. The highest BCUT2D eigenvalue weighted by atomic mass is 32.2. The van der Waals surface area contributed by atoms with Crippen LogP contribution in [0.4, 0.5) is 0 Å². The predicted molar refractivity (Wildman–Crippen MR) is 121 cm³/mol. The molecule has 0 bridgehead atoms. The second-order valence-electron chi connectivity index (χ2n) is 9.94. The van der Waals surface area contributed by atoms with E-state index in [9.17, 15) is 4.79 Å². The lowest BCUT2D eigenvalue weighted by molar-refractivity contribution is -0.113. The molecular weight excluding hydrogens is 366 g/mol. The highest BCUT2D eigenvalue weighted by molar-refractivity contribution is 8.18. The van der Waals surface area contributed by atoms with Gasteiger partial charge in [0, 0.05) is 26.2 Å². The number of benzene rings is 1. The van der Waals surface area contributed by atoms with E-state index in [-0.39, 0.29) is 16.7 Å². The zero-order valence-electron chi connectivity index (χ0n) is 18.3. The Labute approximate surface area is 174 Å². The van der Waals surface area contributed by atoms with Gasteiger partial charge in [-0.1, -0.05) is 59.7 Å². The summed E-state index contributed by atoms with van der Waals surface area (Å²) < 4.78 is 0. The molecule has 0 N–H and O–H groups in total. The first-order chi connectivity index (χ1) is 12.9. The van der Waals surface area contributed by atoms with E-state index >= 15 is 0 Å². The van der Waals surface area contributed by atoms with Crippen LogP contribution in [-0.2, 0) is 15.6 Å². The molecule has 1 fully saturated rings. The number of thioether (sulfide) groups is 1. The van der Waals surface area contributed by atoms with E-state index in [1.165, 1.54) is 22.9 Å². The number of hydrogen-bond acceptors (Lipinski definition) is 4. The van der Waals surface area contributed by atoms with Crippen LogP contribution in [0.25, 0.3) is 6.08 Å². The summed E-state index contributed by atoms with van der Waals surface area (Å²) in [4.78, 5) is 22.1. The molecule has 28 heavy (non-hydrogen) atoms. The van der Waals surface area contributed by atoms with E-state index in [0.29, 0.717) is 0 Å². The molecule has 2 heterocycles. The van der Waals surface area contributed by atoms with Gasteiger partial charge in [0.2, 0.25) is 0 Å².